The smallest absolute Gasteiger partial charge is 0.0923 e. The molecule has 0 radical (unpaired) electrons. The number of hydrogen-bond donors (Lipinski definition) is 0. The molecule has 0 saturated carbocycles. The van der Waals surface area contributed by atoms with Gasteiger partial charge >= 0.3 is 0 Å². The van der Waals surface area contributed by atoms with Gasteiger partial charge < -0.3 is 9.47 Å². The van der Waals surface area contributed by atoms with Crippen LogP contribution in [0, 0.1) is 0 Å². The minimum Gasteiger partial charge on any atom is -0.373 e. The van der Waals surface area contributed by atoms with Crippen molar-refractivity contribution in [2.45, 2.75) is 32.5 Å². The van der Waals surface area contributed by atoms with Gasteiger partial charge in [-0.05, 0) is 38.5 Å². The number of benzene rings is 1. The van der Waals surface area contributed by atoms with Gasteiger partial charge in [0.05, 0.1) is 24.9 Å². The van der Waals surface area contributed by atoms with E-state index in [1.165, 1.54) is 0 Å². The Kier molecular flexibility index (Phi) is 6.85. The van der Waals surface area contributed by atoms with Gasteiger partial charge in [-0.25, -0.2) is 0 Å². The molecule has 0 fully saturated rings. The molecule has 1 aromatic rings. The van der Waals surface area contributed by atoms with Crippen LogP contribution in [-0.4, -0.2) is 24.1 Å². The molecule has 0 spiro atoms. The second kappa shape index (κ2) is 7.63. The molecule has 18 heavy (non-hydrogen) atoms. The van der Waals surface area contributed by atoms with E-state index < -0.39 is 0 Å². The highest BCUT2D eigenvalue weighted by Crippen LogP contribution is 2.23. The summed E-state index contributed by atoms with van der Waals surface area (Å²) in [5.74, 6) is 0. The van der Waals surface area contributed by atoms with E-state index in [1.807, 2.05) is 32.9 Å². The van der Waals surface area contributed by atoms with Gasteiger partial charge in [0.2, 0.25) is 0 Å². The summed E-state index contributed by atoms with van der Waals surface area (Å²) in [6.07, 6.45) is 0.0612. The van der Waals surface area contributed by atoms with Gasteiger partial charge in [-0.1, -0.05) is 44.0 Å². The molecule has 1 atom stereocenters. The Morgan fingerprint density at radius 3 is 2.50 bits per heavy atom. The summed E-state index contributed by atoms with van der Waals surface area (Å²) >= 11 is 6.96. The zero-order valence-corrected chi connectivity index (χ0v) is 14.3. The average Bonchev–Trinajstić information content (AvgIpc) is 2.27. The summed E-state index contributed by atoms with van der Waals surface area (Å²) in [4.78, 5) is 0. The highest BCUT2D eigenvalue weighted by Gasteiger charge is 2.13. The van der Waals surface area contributed by atoms with Crippen molar-refractivity contribution >= 4 is 31.9 Å². The Morgan fingerprint density at radius 2 is 1.94 bits per heavy atom. The summed E-state index contributed by atoms with van der Waals surface area (Å²) in [5.41, 5.74) is 1.06. The van der Waals surface area contributed by atoms with Crippen molar-refractivity contribution in [3.05, 3.63) is 34.3 Å². The lowest BCUT2D eigenvalue weighted by atomic mass is 10.1. The third kappa shape index (κ3) is 6.32. The maximum absolute atomic E-state index is 5.84. The van der Waals surface area contributed by atoms with Crippen LogP contribution in [0.1, 0.15) is 32.4 Å². The van der Waals surface area contributed by atoms with Crippen LogP contribution < -0.4 is 0 Å². The Morgan fingerprint density at radius 1 is 1.22 bits per heavy atom. The number of alkyl halides is 1. The lowest BCUT2D eigenvalue weighted by Gasteiger charge is -2.21. The summed E-state index contributed by atoms with van der Waals surface area (Å²) in [5, 5.41) is 0.777. The summed E-state index contributed by atoms with van der Waals surface area (Å²) in [6, 6.07) is 8.18. The van der Waals surface area contributed by atoms with E-state index in [4.69, 9.17) is 9.47 Å². The van der Waals surface area contributed by atoms with E-state index in [2.05, 4.69) is 44.0 Å². The Hall–Kier alpha value is 0.1000. The van der Waals surface area contributed by atoms with Gasteiger partial charge in [0.25, 0.3) is 0 Å². The van der Waals surface area contributed by atoms with Crippen molar-refractivity contribution < 1.29 is 9.47 Å². The molecule has 0 aromatic heterocycles. The fourth-order valence-electron chi connectivity index (χ4n) is 1.47. The second-order valence-corrected chi connectivity index (χ2v) is 6.59. The zero-order chi connectivity index (χ0) is 13.6. The van der Waals surface area contributed by atoms with Crippen LogP contribution in [0.3, 0.4) is 0 Å². The first-order valence-electron chi connectivity index (χ1n) is 5.99. The predicted molar refractivity (Wildman–Crippen MR) is 82.3 cm³/mol. The number of ether oxygens (including phenoxy) is 2. The van der Waals surface area contributed by atoms with Gasteiger partial charge in [0.15, 0.2) is 0 Å². The fourth-order valence-corrected chi connectivity index (χ4v) is 2.45. The molecule has 1 unspecified atom stereocenters. The molecule has 0 aliphatic rings. The van der Waals surface area contributed by atoms with E-state index in [0.717, 1.165) is 15.4 Å². The van der Waals surface area contributed by atoms with Crippen molar-refractivity contribution in [1.29, 1.82) is 0 Å². The third-order valence-electron chi connectivity index (χ3n) is 2.30. The molecule has 0 amide bonds. The third-order valence-corrected chi connectivity index (χ3v) is 3.38. The molecule has 0 N–H and O–H groups in total. The van der Waals surface area contributed by atoms with Gasteiger partial charge in [-0.2, -0.15) is 0 Å². The number of hydrogen-bond acceptors (Lipinski definition) is 2. The Bertz CT molecular complexity index is 361. The highest BCUT2D eigenvalue weighted by molar-refractivity contribution is 9.10. The van der Waals surface area contributed by atoms with E-state index in [1.54, 1.807) is 0 Å². The van der Waals surface area contributed by atoms with Crippen molar-refractivity contribution in [3.63, 3.8) is 0 Å². The average molecular weight is 380 g/mol. The first kappa shape index (κ1) is 16.2. The highest BCUT2D eigenvalue weighted by atomic mass is 79.9. The number of halogens is 2. The molecule has 0 heterocycles. The van der Waals surface area contributed by atoms with E-state index in [9.17, 15) is 0 Å². The first-order valence-corrected chi connectivity index (χ1v) is 7.91. The molecule has 0 saturated heterocycles. The van der Waals surface area contributed by atoms with Crippen molar-refractivity contribution in [3.8, 4) is 0 Å². The lowest BCUT2D eigenvalue weighted by Crippen LogP contribution is -2.22. The molecule has 102 valence electrons. The fraction of sp³-hybridized carbons (Fsp3) is 0.571. The monoisotopic (exact) mass is 378 g/mol. The summed E-state index contributed by atoms with van der Waals surface area (Å²) in [6.45, 7) is 7.34. The molecule has 2 nitrogen and oxygen atoms in total. The lowest BCUT2D eigenvalue weighted by molar-refractivity contribution is -0.0480. The maximum atomic E-state index is 5.84. The molecule has 1 rings (SSSR count). The van der Waals surface area contributed by atoms with Crippen LogP contribution >= 0.6 is 31.9 Å². The van der Waals surface area contributed by atoms with Crippen molar-refractivity contribution in [2.24, 2.45) is 0 Å². The Balaban J connectivity index is 2.43. The SMILES string of the molecule is CC(C)(C)OCCOC(CBr)c1cccc(Br)c1. The molecule has 1 aromatic carbocycles. The van der Waals surface area contributed by atoms with Crippen LogP contribution in [-0.2, 0) is 9.47 Å². The van der Waals surface area contributed by atoms with Crippen LogP contribution in [0.5, 0.6) is 0 Å². The van der Waals surface area contributed by atoms with Gasteiger partial charge in [-0.3, -0.25) is 0 Å². The normalized spacial score (nSPS) is 13.6. The number of rotatable bonds is 6. The van der Waals surface area contributed by atoms with Crippen molar-refractivity contribution in [2.75, 3.05) is 18.5 Å². The Labute approximate surface area is 126 Å². The van der Waals surface area contributed by atoms with E-state index >= 15 is 0 Å². The first-order chi connectivity index (χ1) is 8.42. The van der Waals surface area contributed by atoms with Crippen LogP contribution in [0.2, 0.25) is 0 Å². The molecule has 0 aliphatic heterocycles. The van der Waals surface area contributed by atoms with Crippen molar-refractivity contribution in [1.82, 2.24) is 0 Å². The largest absolute Gasteiger partial charge is 0.373 e. The van der Waals surface area contributed by atoms with E-state index in [-0.39, 0.29) is 11.7 Å². The topological polar surface area (TPSA) is 18.5 Å². The van der Waals surface area contributed by atoms with Crippen LogP contribution in [0.4, 0.5) is 0 Å². The molecular weight excluding hydrogens is 360 g/mol. The quantitative estimate of drug-likeness (QED) is 0.526. The minimum atomic E-state index is -0.108. The minimum absolute atomic E-state index is 0.0612. The molecule has 0 aliphatic carbocycles. The molecule has 4 heteroatoms. The van der Waals surface area contributed by atoms with Gasteiger partial charge in [-0.15, -0.1) is 0 Å². The van der Waals surface area contributed by atoms with Crippen LogP contribution in [0.15, 0.2) is 28.7 Å². The van der Waals surface area contributed by atoms with Crippen LogP contribution in [0.25, 0.3) is 0 Å². The van der Waals surface area contributed by atoms with Gasteiger partial charge in [0.1, 0.15) is 0 Å². The predicted octanol–water partition coefficient (Wildman–Crippen LogP) is 4.72. The van der Waals surface area contributed by atoms with E-state index in [0.29, 0.717) is 13.2 Å². The molecular formula is C14H20Br2O2. The standard InChI is InChI=1S/C14H20Br2O2/c1-14(2,3)18-8-7-17-13(10-15)11-5-4-6-12(16)9-11/h4-6,9,13H,7-8,10H2,1-3H3. The maximum Gasteiger partial charge on any atom is 0.0923 e. The summed E-state index contributed by atoms with van der Waals surface area (Å²) < 4.78 is 12.5. The summed E-state index contributed by atoms with van der Waals surface area (Å²) in [7, 11) is 0. The molecule has 0 bridgehead atoms. The second-order valence-electron chi connectivity index (χ2n) is 5.03. The zero-order valence-electron chi connectivity index (χ0n) is 11.1. The van der Waals surface area contributed by atoms with Gasteiger partial charge in [0, 0.05) is 9.80 Å².